The Bertz CT molecular complexity index is 4900. The quantitative estimate of drug-likeness (QED) is 0.0512. The molecule has 0 radical (unpaired) electrons. The summed E-state index contributed by atoms with van der Waals surface area (Å²) in [4.78, 5) is 88.6. The third-order valence-electron chi connectivity index (χ3n) is 15.4. The summed E-state index contributed by atoms with van der Waals surface area (Å²) in [7, 11) is 4.80. The number of ether oxygens (including phenoxy) is 3. The van der Waals surface area contributed by atoms with Crippen LogP contribution in [0.2, 0.25) is 5.15 Å². The number of phenols is 1. The minimum absolute atomic E-state index is 0. The maximum Gasteiger partial charge on any atom is 0.244 e. The first-order chi connectivity index (χ1) is 47.9. The summed E-state index contributed by atoms with van der Waals surface area (Å²) in [6.45, 7) is 10.4. The van der Waals surface area contributed by atoms with E-state index < -0.39 is 0 Å². The van der Waals surface area contributed by atoms with Gasteiger partial charge in [0.05, 0.1) is 95.4 Å². The second kappa shape index (κ2) is 32.4. The number of rotatable bonds is 6. The number of phenolic OH excluding ortho intramolecular Hbond substituents is 1. The van der Waals surface area contributed by atoms with Gasteiger partial charge in [-0.3, -0.25) is 19.2 Å². The zero-order chi connectivity index (χ0) is 69.9. The third-order valence-corrected chi connectivity index (χ3v) is 15.7. The minimum atomic E-state index is -0.150. The van der Waals surface area contributed by atoms with E-state index in [1.54, 1.807) is 39.5 Å². The smallest absolute Gasteiger partial charge is 0.244 e. The zero-order valence-electron chi connectivity index (χ0n) is 55.6. The normalized spacial score (nSPS) is 13.0. The summed E-state index contributed by atoms with van der Waals surface area (Å²) in [5, 5.41) is 28.1. The number of methoxy groups -OCH3 is 3. The van der Waals surface area contributed by atoms with Gasteiger partial charge in [0.2, 0.25) is 23.6 Å². The Morgan fingerprint density at radius 3 is 1.14 bits per heavy atom. The first-order valence-electron chi connectivity index (χ1n) is 31.2. The number of aromatic hydroxyl groups is 1. The van der Waals surface area contributed by atoms with Gasteiger partial charge in [-0.15, -0.1) is 12.4 Å². The number of alkyl halides is 1. The van der Waals surface area contributed by atoms with Crippen molar-refractivity contribution in [2.45, 2.75) is 34.6 Å². The van der Waals surface area contributed by atoms with Crippen molar-refractivity contribution < 1.29 is 38.5 Å². The first kappa shape index (κ1) is 71.5. The summed E-state index contributed by atoms with van der Waals surface area (Å²) >= 11 is 8.20. The van der Waals surface area contributed by atoms with Crippen LogP contribution in [0.1, 0.15) is 30.2 Å². The highest BCUT2D eigenvalue weighted by molar-refractivity contribution is 14.1. The Morgan fingerprint density at radius 1 is 0.420 bits per heavy atom. The van der Waals surface area contributed by atoms with Crippen molar-refractivity contribution in [3.8, 4) is 23.0 Å². The fourth-order valence-electron chi connectivity index (χ4n) is 11.2. The van der Waals surface area contributed by atoms with Crippen molar-refractivity contribution in [2.24, 2.45) is 0 Å². The summed E-state index contributed by atoms with van der Waals surface area (Å²) in [6, 6.07) is 52.7. The van der Waals surface area contributed by atoms with E-state index in [9.17, 15) is 24.3 Å². The lowest BCUT2D eigenvalue weighted by molar-refractivity contribution is -0.115. The molecule has 0 spiro atoms. The number of amides is 4. The third kappa shape index (κ3) is 16.6. The molecule has 100 heavy (non-hydrogen) atoms. The Labute approximate surface area is 600 Å². The number of hydrogen-bond acceptors (Lipinski definition) is 20. The number of hydrogen-bond donors (Lipinski definition) is 6. The molecule has 24 nitrogen and oxygen atoms in total. The van der Waals surface area contributed by atoms with Gasteiger partial charge >= 0.3 is 0 Å². The average Bonchev–Trinajstić information content (AvgIpc) is 0.777. The summed E-state index contributed by atoms with van der Waals surface area (Å²) < 4.78 is 16.8. The molecule has 4 aliphatic heterocycles. The van der Waals surface area contributed by atoms with Gasteiger partial charge in [-0.1, -0.05) is 89.6 Å². The van der Waals surface area contributed by atoms with Crippen molar-refractivity contribution in [2.75, 3.05) is 93.2 Å². The Morgan fingerprint density at radius 2 is 0.740 bits per heavy atom. The number of carbonyl (C=O) groups is 4. The standard InChI is InChI=1S/2C18H16N4O2.C17H14N4O2.C9H7ClN2.C9H10N2O2.C2H5I.ClH/c2*1-11-19-14-6-4-3-5-13(14)18(20-11)22-10-17(23)21-15-9-12(24-2)7-8-16(15)22;1-10-18-13-5-3-2-4-12(13)17(19-10)21-9-16(23)20-14-8-11(22)6-7-15(14)21;1-6-11-8-5-3-2-4-7(8)9(10)12-6;1-13-6-2-3-7-8(4-6)11-9(12)5-10-7;1-2-3;/h2*3-9H,10H2,1-2H3,(H,21,23);2-8,22H,9H2,1H3,(H,20,23);2-5H,1H3;2-4,10H,5H2,1H3,(H,11,12);2H2,1H3;1H/i2-1;;;;;2-1;. The Hall–Kier alpha value is -11.3. The number of aryl methyl sites for hydroxylation is 4. The minimum Gasteiger partial charge on any atom is -0.508 e. The van der Waals surface area contributed by atoms with Gasteiger partial charge in [-0.25, -0.2) is 39.9 Å². The fourth-order valence-corrected chi connectivity index (χ4v) is 11.5. The van der Waals surface area contributed by atoms with Crippen LogP contribution in [0, 0.1) is 27.7 Å². The molecule has 4 amide bonds. The van der Waals surface area contributed by atoms with Crippen molar-refractivity contribution in [1.29, 1.82) is 0 Å². The van der Waals surface area contributed by atoms with Gasteiger partial charge in [-0.2, -0.15) is 0 Å². The van der Waals surface area contributed by atoms with Crippen molar-refractivity contribution in [3.63, 3.8) is 0 Å². The van der Waals surface area contributed by atoms with Crippen LogP contribution >= 0.6 is 46.6 Å². The molecule has 16 rings (SSSR count). The van der Waals surface area contributed by atoms with Crippen LogP contribution in [0.4, 0.5) is 63.0 Å². The number of para-hydroxylation sites is 4. The monoisotopic (exact) mass is 1490 g/mol. The van der Waals surface area contributed by atoms with Crippen LogP contribution in [-0.2, 0) is 19.2 Å². The second-order valence-electron chi connectivity index (χ2n) is 22.4. The van der Waals surface area contributed by atoms with Crippen LogP contribution in [0.3, 0.4) is 0 Å². The maximum atomic E-state index is 12.2. The lowest BCUT2D eigenvalue weighted by atomic mass is 10.1. The molecule has 0 aliphatic carbocycles. The topological polar surface area (TPSA) is 289 Å². The summed E-state index contributed by atoms with van der Waals surface area (Å²) in [5.41, 5.74) is 9.73. The predicted molar refractivity (Wildman–Crippen MR) is 405 cm³/mol. The molecule has 8 aromatic carbocycles. The van der Waals surface area contributed by atoms with Crippen LogP contribution in [0.25, 0.3) is 43.6 Å². The predicted octanol–water partition coefficient (Wildman–Crippen LogP) is 14.3. The van der Waals surface area contributed by atoms with E-state index in [0.29, 0.717) is 69.4 Å². The van der Waals surface area contributed by atoms with Gasteiger partial charge < -0.3 is 60.6 Å². The lowest BCUT2D eigenvalue weighted by Gasteiger charge is -2.31. The number of carbonyl (C=O) groups excluding carboxylic acids is 4. The van der Waals surface area contributed by atoms with Gasteiger partial charge in [0.25, 0.3) is 0 Å². The highest BCUT2D eigenvalue weighted by Crippen LogP contribution is 2.42. The van der Waals surface area contributed by atoms with E-state index in [2.05, 4.69) is 96.0 Å². The molecular weight excluding hydrogens is 1420 g/mol. The molecule has 27 heteroatoms. The van der Waals surface area contributed by atoms with E-state index in [1.165, 1.54) is 10.5 Å². The molecule has 0 unspecified atom stereocenters. The molecule has 0 saturated carbocycles. The van der Waals surface area contributed by atoms with E-state index >= 15 is 0 Å². The van der Waals surface area contributed by atoms with Crippen molar-refractivity contribution >= 4 is 177 Å². The SMILES string of the molecule is COc1ccc2c(c1)NC(=O)CN2.COc1ccc2c(c1)NC(=O)CN2c1nc(C)nc2ccccc12.C[11CH2]I.Cc1nc(Cl)c2ccccc2n1.Cc1nc(N2CC(=O)Nc3cc(O)ccc32)c2ccccc2n1.Cc1nc(N2CC(=O)Nc3cc(O[11CH3])ccc32)c2ccccc2n1.Cl. The first-order valence-corrected chi connectivity index (χ1v) is 33.1. The number of fused-ring (bicyclic) bond motifs is 8. The molecule has 8 heterocycles. The van der Waals surface area contributed by atoms with Crippen molar-refractivity contribution in [1.82, 2.24) is 39.9 Å². The summed E-state index contributed by atoms with van der Waals surface area (Å²) in [5.74, 6) is 6.74. The van der Waals surface area contributed by atoms with E-state index in [-0.39, 0.29) is 61.4 Å². The number of nitrogens with one attached hydrogen (secondary N) is 5. The number of anilines is 11. The average molecular weight is 1490 g/mol. The number of halogens is 3. The van der Waals surface area contributed by atoms with Crippen LogP contribution in [-0.4, -0.2) is 121 Å². The molecule has 0 fully saturated rings. The maximum absolute atomic E-state index is 12.2. The summed E-state index contributed by atoms with van der Waals surface area (Å²) in [6.07, 6.45) is 0. The zero-order valence-corrected chi connectivity index (χ0v) is 59.3. The van der Waals surface area contributed by atoms with Gasteiger partial charge in [0.1, 0.15) is 88.5 Å². The second-order valence-corrected chi connectivity index (χ2v) is 24.2. The highest BCUT2D eigenvalue weighted by atomic mass is 127. The molecule has 0 bridgehead atoms. The fraction of sp³-hybridized carbons (Fsp3) is 0.178. The lowest BCUT2D eigenvalue weighted by Crippen LogP contribution is -2.35. The Balaban J connectivity index is 0.000000136. The molecule has 4 aromatic heterocycles. The van der Waals surface area contributed by atoms with Gasteiger partial charge in [0, 0.05) is 45.8 Å². The largest absolute Gasteiger partial charge is 0.508 e. The number of benzene rings is 8. The van der Waals surface area contributed by atoms with Crippen molar-refractivity contribution in [3.05, 3.63) is 198 Å². The molecule has 4 aliphatic rings. The van der Waals surface area contributed by atoms with E-state index in [1.807, 2.05) is 188 Å². The number of aromatic nitrogens is 8. The molecule has 12 aromatic rings. The molecule has 0 atom stereocenters. The number of nitrogens with zero attached hydrogens (tertiary/aromatic N) is 11. The highest BCUT2D eigenvalue weighted by Gasteiger charge is 2.30. The molecular formula is C73H69Cl2IN16O8. The molecule has 510 valence electrons. The van der Waals surface area contributed by atoms with Gasteiger partial charge in [0.15, 0.2) is 0 Å². The molecule has 0 saturated heterocycles. The van der Waals surface area contributed by atoms with Crippen LogP contribution in [0.15, 0.2) is 170 Å². The van der Waals surface area contributed by atoms with Crippen LogP contribution < -0.4 is 55.5 Å². The van der Waals surface area contributed by atoms with E-state index in [4.69, 9.17) is 25.8 Å². The van der Waals surface area contributed by atoms with Gasteiger partial charge in [-0.05, 0) is 129 Å². The van der Waals surface area contributed by atoms with E-state index in [0.717, 1.165) is 89.4 Å². The Kier molecular flexibility index (Phi) is 23.1. The van der Waals surface area contributed by atoms with Crippen LogP contribution in [0.5, 0.6) is 23.0 Å². The molecule has 6 N–H and O–H groups in total.